The largest absolute Gasteiger partial charge is 0.493 e. The third-order valence-corrected chi connectivity index (χ3v) is 4.85. The molecular weight excluding hydrogens is 464 g/mol. The van der Waals surface area contributed by atoms with Crippen molar-refractivity contribution in [2.75, 3.05) is 6.61 Å². The highest BCUT2D eigenvalue weighted by molar-refractivity contribution is 9.10. The molecule has 2 N–H and O–H groups in total. The van der Waals surface area contributed by atoms with Crippen LogP contribution in [-0.4, -0.2) is 23.7 Å². The first kappa shape index (κ1) is 24.2. The summed E-state index contributed by atoms with van der Waals surface area (Å²) in [5.41, 5.74) is 1.47. The van der Waals surface area contributed by atoms with Crippen molar-refractivity contribution in [1.29, 1.82) is 0 Å². The maximum absolute atomic E-state index is 12.7. The van der Waals surface area contributed by atoms with Crippen LogP contribution in [0.15, 0.2) is 46.9 Å². The van der Waals surface area contributed by atoms with E-state index in [-0.39, 0.29) is 17.1 Å². The summed E-state index contributed by atoms with van der Waals surface area (Å²) in [5, 5.41) is 6.04. The molecule has 0 aliphatic heterocycles. The van der Waals surface area contributed by atoms with Crippen molar-refractivity contribution in [3.05, 3.63) is 58.1 Å². The molecule has 0 saturated carbocycles. The van der Waals surface area contributed by atoms with Gasteiger partial charge < -0.3 is 14.8 Å². The number of carbonyl (C=O) groups excluding carboxylic acids is 1. The number of thiocarbonyl (C=S) groups is 1. The van der Waals surface area contributed by atoms with Crippen molar-refractivity contribution >= 4 is 39.2 Å². The van der Waals surface area contributed by atoms with E-state index in [9.17, 15) is 4.79 Å². The van der Waals surface area contributed by atoms with Crippen molar-refractivity contribution in [3.63, 3.8) is 0 Å². The minimum atomic E-state index is -0.311. The molecule has 0 heterocycles. The van der Waals surface area contributed by atoms with Crippen LogP contribution in [0.5, 0.6) is 11.5 Å². The molecule has 0 aliphatic rings. The number of carbonyl (C=O) groups is 1. The summed E-state index contributed by atoms with van der Waals surface area (Å²) in [5.74, 6) is 1.58. The fourth-order valence-corrected chi connectivity index (χ4v) is 3.09. The van der Waals surface area contributed by atoms with Gasteiger partial charge in [-0.25, -0.2) is 0 Å². The normalized spacial score (nSPS) is 10.8. The molecular formula is C23H29BrN2O3S. The van der Waals surface area contributed by atoms with E-state index >= 15 is 0 Å². The second kappa shape index (κ2) is 11.9. The van der Waals surface area contributed by atoms with Gasteiger partial charge in [-0.1, -0.05) is 41.9 Å². The van der Waals surface area contributed by atoms with Crippen LogP contribution in [0, 0.1) is 5.92 Å². The number of hydrogen-bond acceptors (Lipinski definition) is 4. The maximum Gasteiger partial charge on any atom is 0.261 e. The number of halogens is 1. The van der Waals surface area contributed by atoms with Crippen LogP contribution in [0.4, 0.5) is 0 Å². The fraction of sp³-hybridized carbons (Fsp3) is 0.391. The minimum absolute atomic E-state index is 0.133. The molecule has 0 radical (unpaired) electrons. The van der Waals surface area contributed by atoms with Gasteiger partial charge in [0.15, 0.2) is 5.11 Å². The lowest BCUT2D eigenvalue weighted by molar-refractivity contribution is 0.0972. The van der Waals surface area contributed by atoms with Crippen LogP contribution in [0.2, 0.25) is 0 Å². The quantitative estimate of drug-likeness (QED) is 0.454. The molecule has 1 amide bonds. The van der Waals surface area contributed by atoms with Crippen LogP contribution in [0.3, 0.4) is 0 Å². The number of amides is 1. The van der Waals surface area contributed by atoms with E-state index in [2.05, 4.69) is 40.4 Å². The van der Waals surface area contributed by atoms with E-state index in [0.717, 1.165) is 22.2 Å². The fourth-order valence-electron chi connectivity index (χ4n) is 2.57. The lowest BCUT2D eigenvalue weighted by atomic mass is 10.1. The smallest absolute Gasteiger partial charge is 0.261 e. The molecule has 0 bridgehead atoms. The first-order valence-electron chi connectivity index (χ1n) is 10.0. The van der Waals surface area contributed by atoms with Crippen LogP contribution < -0.4 is 20.1 Å². The molecule has 0 atom stereocenters. The van der Waals surface area contributed by atoms with Gasteiger partial charge in [0.05, 0.1) is 18.3 Å². The summed E-state index contributed by atoms with van der Waals surface area (Å²) in [7, 11) is 0. The van der Waals surface area contributed by atoms with Gasteiger partial charge in [-0.05, 0) is 74.3 Å². The van der Waals surface area contributed by atoms with Gasteiger partial charge in [-0.15, -0.1) is 0 Å². The van der Waals surface area contributed by atoms with Crippen molar-refractivity contribution < 1.29 is 14.3 Å². The Morgan fingerprint density at radius 2 is 1.80 bits per heavy atom. The average molecular weight is 493 g/mol. The second-order valence-electron chi connectivity index (χ2n) is 7.62. The molecule has 0 spiro atoms. The summed E-state index contributed by atoms with van der Waals surface area (Å²) in [4.78, 5) is 12.7. The molecule has 162 valence electrons. The highest BCUT2D eigenvalue weighted by Crippen LogP contribution is 2.24. The third kappa shape index (κ3) is 8.32. The van der Waals surface area contributed by atoms with Gasteiger partial charge in [0.1, 0.15) is 11.5 Å². The second-order valence-corrected chi connectivity index (χ2v) is 8.94. The number of nitrogens with one attached hydrogen (secondary N) is 2. The molecule has 0 unspecified atom stereocenters. The Labute approximate surface area is 192 Å². The number of benzene rings is 2. The zero-order valence-corrected chi connectivity index (χ0v) is 20.2. The van der Waals surface area contributed by atoms with Gasteiger partial charge in [-0.3, -0.25) is 10.1 Å². The molecule has 2 rings (SSSR count). The SMILES string of the molecule is CC(C)CCOc1ccc(Br)cc1C(=O)NC(=S)NCc1ccc(OC(C)C)cc1. The van der Waals surface area contributed by atoms with Crippen molar-refractivity contribution in [2.24, 2.45) is 5.92 Å². The summed E-state index contributed by atoms with van der Waals surface area (Å²) in [6.07, 6.45) is 1.05. The van der Waals surface area contributed by atoms with Gasteiger partial charge in [-0.2, -0.15) is 0 Å². The van der Waals surface area contributed by atoms with Gasteiger partial charge in [0.2, 0.25) is 0 Å². The van der Waals surface area contributed by atoms with Crippen LogP contribution >= 0.6 is 28.1 Å². The van der Waals surface area contributed by atoms with Crippen molar-refractivity contribution in [2.45, 2.75) is 46.8 Å². The van der Waals surface area contributed by atoms with E-state index in [0.29, 0.717) is 30.4 Å². The first-order valence-corrected chi connectivity index (χ1v) is 11.2. The summed E-state index contributed by atoms with van der Waals surface area (Å²) >= 11 is 8.70. The number of rotatable bonds is 9. The Hall–Kier alpha value is -2.12. The maximum atomic E-state index is 12.7. The van der Waals surface area contributed by atoms with Crippen LogP contribution in [0.1, 0.15) is 50.0 Å². The Bertz CT molecular complexity index is 854. The van der Waals surface area contributed by atoms with E-state index in [4.69, 9.17) is 21.7 Å². The predicted molar refractivity (Wildman–Crippen MR) is 128 cm³/mol. The van der Waals surface area contributed by atoms with Gasteiger partial charge in [0, 0.05) is 11.0 Å². The molecule has 2 aromatic carbocycles. The standard InChI is InChI=1S/C23H29BrN2O3S/c1-15(2)11-12-28-21-10-7-18(24)13-20(21)22(27)26-23(30)25-14-17-5-8-19(9-6-17)29-16(3)4/h5-10,13,15-16H,11-12,14H2,1-4H3,(H2,25,26,27,30). The minimum Gasteiger partial charge on any atom is -0.493 e. The predicted octanol–water partition coefficient (Wildman–Crippen LogP) is 5.47. The van der Waals surface area contributed by atoms with Crippen LogP contribution in [0.25, 0.3) is 0 Å². The van der Waals surface area contributed by atoms with E-state index in [1.807, 2.05) is 44.2 Å². The van der Waals surface area contributed by atoms with Gasteiger partial charge >= 0.3 is 0 Å². The number of hydrogen-bond donors (Lipinski definition) is 2. The summed E-state index contributed by atoms with van der Waals surface area (Å²) in [6, 6.07) is 13.1. The van der Waals surface area contributed by atoms with Gasteiger partial charge in [0.25, 0.3) is 5.91 Å². The van der Waals surface area contributed by atoms with Crippen molar-refractivity contribution in [1.82, 2.24) is 10.6 Å². The average Bonchev–Trinajstić information content (AvgIpc) is 2.67. The third-order valence-electron chi connectivity index (χ3n) is 4.11. The Morgan fingerprint density at radius 1 is 1.10 bits per heavy atom. The zero-order valence-electron chi connectivity index (χ0n) is 17.8. The van der Waals surface area contributed by atoms with Crippen molar-refractivity contribution in [3.8, 4) is 11.5 Å². The van der Waals surface area contributed by atoms with E-state index < -0.39 is 0 Å². The molecule has 0 aliphatic carbocycles. The summed E-state index contributed by atoms with van der Waals surface area (Å²) in [6.45, 7) is 9.29. The van der Waals surface area contributed by atoms with Crippen LogP contribution in [-0.2, 0) is 6.54 Å². The first-order chi connectivity index (χ1) is 14.2. The Morgan fingerprint density at radius 3 is 2.43 bits per heavy atom. The molecule has 2 aromatic rings. The highest BCUT2D eigenvalue weighted by atomic mass is 79.9. The van der Waals surface area contributed by atoms with E-state index in [1.165, 1.54) is 0 Å². The molecule has 5 nitrogen and oxygen atoms in total. The molecule has 0 aromatic heterocycles. The lowest BCUT2D eigenvalue weighted by Crippen LogP contribution is -2.39. The number of ether oxygens (including phenoxy) is 2. The molecule has 30 heavy (non-hydrogen) atoms. The lowest BCUT2D eigenvalue weighted by Gasteiger charge is -2.14. The highest BCUT2D eigenvalue weighted by Gasteiger charge is 2.15. The molecule has 0 fully saturated rings. The molecule has 0 saturated heterocycles. The Kier molecular flexibility index (Phi) is 9.59. The monoisotopic (exact) mass is 492 g/mol. The zero-order chi connectivity index (χ0) is 22.1. The topological polar surface area (TPSA) is 59.6 Å². The summed E-state index contributed by atoms with van der Waals surface area (Å²) < 4.78 is 12.3. The van der Waals surface area contributed by atoms with E-state index in [1.54, 1.807) is 12.1 Å². The molecule has 7 heteroatoms. The Balaban J connectivity index is 1.92.